The highest BCUT2D eigenvalue weighted by atomic mass is 35.5. The third kappa shape index (κ3) is 4.31. The van der Waals surface area contributed by atoms with Crippen LogP contribution in [0, 0.1) is 0 Å². The molecule has 1 aromatic carbocycles. The number of alkyl halides is 1. The Morgan fingerprint density at radius 2 is 1.91 bits per heavy atom. The molecule has 0 bridgehead atoms. The van der Waals surface area contributed by atoms with E-state index in [1.807, 2.05) is 23.1 Å². The first-order chi connectivity index (χ1) is 11.3. The SMILES string of the molecule is O=C(CCCl)N1CCN(Cc2nc(-c3ccccc3)cs2)CC1. The van der Waals surface area contributed by atoms with E-state index in [2.05, 4.69) is 22.4 Å². The van der Waals surface area contributed by atoms with Crippen LogP contribution in [0.1, 0.15) is 11.4 Å². The second kappa shape index (κ2) is 7.90. The van der Waals surface area contributed by atoms with Crippen LogP contribution < -0.4 is 0 Å². The van der Waals surface area contributed by atoms with Crippen molar-refractivity contribution in [3.8, 4) is 11.3 Å². The molecule has 0 radical (unpaired) electrons. The van der Waals surface area contributed by atoms with Crippen molar-refractivity contribution in [2.45, 2.75) is 13.0 Å². The molecule has 1 aliphatic heterocycles. The Bertz CT molecular complexity index is 638. The second-order valence-electron chi connectivity index (χ2n) is 5.59. The zero-order valence-electron chi connectivity index (χ0n) is 12.9. The van der Waals surface area contributed by atoms with Gasteiger partial charge >= 0.3 is 0 Å². The number of carbonyl (C=O) groups is 1. The van der Waals surface area contributed by atoms with Crippen LogP contribution >= 0.6 is 22.9 Å². The fourth-order valence-electron chi connectivity index (χ4n) is 2.71. The van der Waals surface area contributed by atoms with Crippen LogP contribution in [0.2, 0.25) is 0 Å². The molecular weight excluding hydrogens is 330 g/mol. The summed E-state index contributed by atoms with van der Waals surface area (Å²) in [5.41, 5.74) is 2.20. The number of hydrogen-bond donors (Lipinski definition) is 0. The average molecular weight is 350 g/mol. The van der Waals surface area contributed by atoms with Gasteiger partial charge in [-0.1, -0.05) is 30.3 Å². The molecule has 0 spiro atoms. The zero-order chi connectivity index (χ0) is 16.1. The molecule has 1 aromatic heterocycles. The molecule has 122 valence electrons. The van der Waals surface area contributed by atoms with Gasteiger partial charge in [-0.25, -0.2) is 4.98 Å². The topological polar surface area (TPSA) is 36.4 Å². The van der Waals surface area contributed by atoms with Gasteiger partial charge < -0.3 is 4.90 Å². The first kappa shape index (κ1) is 16.4. The smallest absolute Gasteiger partial charge is 0.223 e. The number of piperazine rings is 1. The highest BCUT2D eigenvalue weighted by Gasteiger charge is 2.21. The summed E-state index contributed by atoms with van der Waals surface area (Å²) in [6.07, 6.45) is 0.439. The van der Waals surface area contributed by atoms with Crippen LogP contribution in [0.25, 0.3) is 11.3 Å². The first-order valence-corrected chi connectivity index (χ1v) is 9.23. The summed E-state index contributed by atoms with van der Waals surface area (Å²) in [5.74, 6) is 0.570. The minimum Gasteiger partial charge on any atom is -0.340 e. The van der Waals surface area contributed by atoms with Crippen LogP contribution in [-0.2, 0) is 11.3 Å². The van der Waals surface area contributed by atoms with Crippen molar-refractivity contribution in [3.63, 3.8) is 0 Å². The predicted molar refractivity (Wildman–Crippen MR) is 94.7 cm³/mol. The van der Waals surface area contributed by atoms with Crippen LogP contribution in [0.5, 0.6) is 0 Å². The fourth-order valence-corrected chi connectivity index (χ4v) is 3.72. The summed E-state index contributed by atoms with van der Waals surface area (Å²) in [6, 6.07) is 10.2. The standard InChI is InChI=1S/C17H20ClN3OS/c18-7-6-17(22)21-10-8-20(9-11-21)12-16-19-15(13-23-16)14-4-2-1-3-5-14/h1-5,13H,6-12H2. The number of halogens is 1. The van der Waals surface area contributed by atoms with Crippen LogP contribution in [-0.4, -0.2) is 52.8 Å². The third-order valence-corrected chi connectivity index (χ3v) is 5.04. The first-order valence-electron chi connectivity index (χ1n) is 7.82. The van der Waals surface area contributed by atoms with E-state index in [1.54, 1.807) is 11.3 Å². The summed E-state index contributed by atoms with van der Waals surface area (Å²) in [7, 11) is 0. The van der Waals surface area contributed by atoms with Crippen LogP contribution in [0.4, 0.5) is 0 Å². The normalized spacial score (nSPS) is 15.8. The molecule has 2 heterocycles. The molecule has 0 aliphatic carbocycles. The summed E-state index contributed by atoms with van der Waals surface area (Å²) in [6.45, 7) is 4.22. The molecule has 23 heavy (non-hydrogen) atoms. The van der Waals surface area contributed by atoms with E-state index >= 15 is 0 Å². The molecule has 1 fully saturated rings. The molecule has 6 heteroatoms. The largest absolute Gasteiger partial charge is 0.340 e. The Kier molecular flexibility index (Phi) is 5.65. The van der Waals surface area contributed by atoms with E-state index in [9.17, 15) is 4.79 Å². The van der Waals surface area contributed by atoms with Gasteiger partial charge in [-0.15, -0.1) is 22.9 Å². The molecule has 4 nitrogen and oxygen atoms in total. The number of thiazole rings is 1. The summed E-state index contributed by atoms with van der Waals surface area (Å²) < 4.78 is 0. The molecule has 0 saturated carbocycles. The lowest BCUT2D eigenvalue weighted by Crippen LogP contribution is -2.48. The van der Waals surface area contributed by atoms with E-state index in [4.69, 9.17) is 16.6 Å². The maximum Gasteiger partial charge on any atom is 0.223 e. The van der Waals surface area contributed by atoms with E-state index in [1.165, 1.54) is 0 Å². The number of benzene rings is 1. The summed E-state index contributed by atoms with van der Waals surface area (Å²) >= 11 is 7.34. The molecule has 0 atom stereocenters. The molecule has 1 amide bonds. The summed E-state index contributed by atoms with van der Waals surface area (Å²) in [4.78, 5) is 20.8. The van der Waals surface area contributed by atoms with Crippen molar-refractivity contribution < 1.29 is 4.79 Å². The lowest BCUT2D eigenvalue weighted by molar-refractivity contribution is -0.132. The van der Waals surface area contributed by atoms with Crippen molar-refractivity contribution in [2.24, 2.45) is 0 Å². The Labute approximate surface area is 145 Å². The van der Waals surface area contributed by atoms with Crippen LogP contribution in [0.15, 0.2) is 35.7 Å². The van der Waals surface area contributed by atoms with Gasteiger partial charge in [-0.2, -0.15) is 0 Å². The quantitative estimate of drug-likeness (QED) is 0.778. The van der Waals surface area contributed by atoms with Gasteiger partial charge in [-0.3, -0.25) is 9.69 Å². The number of amides is 1. The van der Waals surface area contributed by atoms with Crippen molar-refractivity contribution >= 4 is 28.8 Å². The Hall–Kier alpha value is -1.43. The molecular formula is C17H20ClN3OS. The fraction of sp³-hybridized carbons (Fsp3) is 0.412. The number of rotatable bonds is 5. The highest BCUT2D eigenvalue weighted by molar-refractivity contribution is 7.09. The lowest BCUT2D eigenvalue weighted by atomic mass is 10.2. The van der Waals surface area contributed by atoms with E-state index in [0.29, 0.717) is 12.3 Å². The molecule has 1 saturated heterocycles. The van der Waals surface area contributed by atoms with Crippen molar-refractivity contribution in [3.05, 3.63) is 40.7 Å². The number of nitrogens with zero attached hydrogens (tertiary/aromatic N) is 3. The van der Waals surface area contributed by atoms with E-state index < -0.39 is 0 Å². The van der Waals surface area contributed by atoms with Gasteiger partial charge in [0.25, 0.3) is 0 Å². The van der Waals surface area contributed by atoms with Crippen molar-refractivity contribution in [1.82, 2.24) is 14.8 Å². The highest BCUT2D eigenvalue weighted by Crippen LogP contribution is 2.22. The molecule has 0 N–H and O–H groups in total. The van der Waals surface area contributed by atoms with Gasteiger partial charge in [-0.05, 0) is 0 Å². The van der Waals surface area contributed by atoms with Crippen LogP contribution in [0.3, 0.4) is 0 Å². The zero-order valence-corrected chi connectivity index (χ0v) is 14.5. The predicted octanol–water partition coefficient (Wildman–Crippen LogP) is 3.08. The second-order valence-corrected chi connectivity index (χ2v) is 6.91. The monoisotopic (exact) mass is 349 g/mol. The Morgan fingerprint density at radius 3 is 2.61 bits per heavy atom. The van der Waals surface area contributed by atoms with Gasteiger partial charge in [0.15, 0.2) is 0 Å². The minimum atomic E-state index is 0.167. The van der Waals surface area contributed by atoms with Gasteiger partial charge in [0.05, 0.1) is 12.2 Å². The minimum absolute atomic E-state index is 0.167. The van der Waals surface area contributed by atoms with E-state index in [-0.39, 0.29) is 5.91 Å². The number of aromatic nitrogens is 1. The number of carbonyl (C=O) groups excluding carboxylic acids is 1. The molecule has 1 aliphatic rings. The summed E-state index contributed by atoms with van der Waals surface area (Å²) in [5, 5.41) is 3.25. The molecule has 2 aromatic rings. The van der Waals surface area contributed by atoms with Crippen molar-refractivity contribution in [2.75, 3.05) is 32.1 Å². The van der Waals surface area contributed by atoms with Gasteiger partial charge in [0, 0.05) is 49.4 Å². The van der Waals surface area contributed by atoms with Crippen molar-refractivity contribution in [1.29, 1.82) is 0 Å². The van der Waals surface area contributed by atoms with Gasteiger partial charge in [0.1, 0.15) is 5.01 Å². The number of hydrogen-bond acceptors (Lipinski definition) is 4. The lowest BCUT2D eigenvalue weighted by Gasteiger charge is -2.34. The molecule has 3 rings (SSSR count). The van der Waals surface area contributed by atoms with E-state index in [0.717, 1.165) is 49.0 Å². The maximum absolute atomic E-state index is 11.8. The average Bonchev–Trinajstić information content (AvgIpc) is 3.05. The molecule has 0 unspecified atom stereocenters. The Morgan fingerprint density at radius 1 is 1.17 bits per heavy atom. The third-order valence-electron chi connectivity index (χ3n) is 4.01. The maximum atomic E-state index is 11.8. The Balaban J connectivity index is 1.53. The van der Waals surface area contributed by atoms with Gasteiger partial charge in [0.2, 0.25) is 5.91 Å².